The van der Waals surface area contributed by atoms with Gasteiger partial charge in [-0.05, 0) is 37.1 Å². The van der Waals surface area contributed by atoms with Crippen molar-refractivity contribution >= 4 is 22.6 Å². The van der Waals surface area contributed by atoms with Gasteiger partial charge in [0.2, 0.25) is 5.91 Å². The van der Waals surface area contributed by atoms with Crippen LogP contribution in [0.4, 0.5) is 10.2 Å². The van der Waals surface area contributed by atoms with Gasteiger partial charge in [0.05, 0.1) is 5.52 Å². The minimum absolute atomic E-state index is 0.00427. The van der Waals surface area contributed by atoms with Gasteiger partial charge in [-0.2, -0.15) is 0 Å². The number of carbonyl (C=O) groups excluding carboxylic acids is 1. The first kappa shape index (κ1) is 13.8. The molecule has 1 aliphatic rings. The molecule has 1 aliphatic heterocycles. The summed E-state index contributed by atoms with van der Waals surface area (Å²) in [5, 5.41) is 3.89. The Kier molecular flexibility index (Phi) is 3.73. The molecule has 1 N–H and O–H groups in total. The lowest BCUT2D eigenvalue weighted by molar-refractivity contribution is -0.119. The molecule has 5 heteroatoms. The summed E-state index contributed by atoms with van der Waals surface area (Å²) in [4.78, 5) is 17.9. The Balaban J connectivity index is 1.83. The number of amides is 1. The predicted molar refractivity (Wildman–Crippen MR) is 80.8 cm³/mol. The van der Waals surface area contributed by atoms with E-state index in [2.05, 4.69) is 15.2 Å². The second-order valence-corrected chi connectivity index (χ2v) is 5.49. The Hall–Kier alpha value is -2.17. The van der Waals surface area contributed by atoms with Gasteiger partial charge in [0, 0.05) is 37.5 Å². The highest BCUT2D eigenvalue weighted by Gasteiger charge is 2.21. The fourth-order valence-corrected chi connectivity index (χ4v) is 2.85. The minimum atomic E-state index is -0.276. The average Bonchev–Trinajstić information content (AvgIpc) is 2.46. The Morgan fingerprint density at radius 1 is 1.38 bits per heavy atom. The van der Waals surface area contributed by atoms with Crippen molar-refractivity contribution in [2.75, 3.05) is 18.0 Å². The summed E-state index contributed by atoms with van der Waals surface area (Å²) in [6.45, 7) is 3.19. The molecular formula is C16H18FN3O. The van der Waals surface area contributed by atoms with Crippen LogP contribution in [0.25, 0.3) is 10.9 Å². The molecule has 0 aliphatic carbocycles. The van der Waals surface area contributed by atoms with Gasteiger partial charge >= 0.3 is 0 Å². The van der Waals surface area contributed by atoms with Crippen LogP contribution in [0.5, 0.6) is 0 Å². The topological polar surface area (TPSA) is 45.2 Å². The molecule has 0 bridgehead atoms. The molecule has 0 spiro atoms. The van der Waals surface area contributed by atoms with E-state index in [0.29, 0.717) is 5.52 Å². The SMILES string of the molecule is CC(=O)NC1CCCN(c2ccc3ccc(F)cc3n2)C1. The second-order valence-electron chi connectivity index (χ2n) is 5.49. The van der Waals surface area contributed by atoms with Gasteiger partial charge in [0.1, 0.15) is 11.6 Å². The third kappa shape index (κ3) is 3.12. The maximum Gasteiger partial charge on any atom is 0.217 e. The molecule has 2 aromatic rings. The number of piperidine rings is 1. The van der Waals surface area contributed by atoms with Crippen LogP contribution in [0, 0.1) is 5.82 Å². The quantitative estimate of drug-likeness (QED) is 0.923. The number of hydrogen-bond acceptors (Lipinski definition) is 3. The largest absolute Gasteiger partial charge is 0.355 e. The standard InChI is InChI=1S/C16H18FN3O/c1-11(21)18-14-3-2-8-20(10-14)16-7-5-12-4-6-13(17)9-15(12)19-16/h4-7,9,14H,2-3,8,10H2,1H3,(H,18,21). The number of hydrogen-bond donors (Lipinski definition) is 1. The van der Waals surface area contributed by atoms with Crippen molar-refractivity contribution in [3.63, 3.8) is 0 Å². The van der Waals surface area contributed by atoms with Crippen LogP contribution in [0.2, 0.25) is 0 Å². The molecule has 110 valence electrons. The fourth-order valence-electron chi connectivity index (χ4n) is 2.85. The van der Waals surface area contributed by atoms with Gasteiger partial charge in [0.25, 0.3) is 0 Å². The summed E-state index contributed by atoms with van der Waals surface area (Å²) in [6.07, 6.45) is 1.99. The molecule has 4 nitrogen and oxygen atoms in total. The number of benzene rings is 1. The van der Waals surface area contributed by atoms with Gasteiger partial charge < -0.3 is 10.2 Å². The Morgan fingerprint density at radius 2 is 2.19 bits per heavy atom. The number of carbonyl (C=O) groups is 1. The number of anilines is 1. The van der Waals surface area contributed by atoms with Crippen molar-refractivity contribution in [2.24, 2.45) is 0 Å². The Labute approximate surface area is 123 Å². The molecule has 1 saturated heterocycles. The zero-order valence-electron chi connectivity index (χ0n) is 12.0. The summed E-state index contributed by atoms with van der Waals surface area (Å²) in [5.74, 6) is 0.556. The van der Waals surface area contributed by atoms with Gasteiger partial charge in [-0.1, -0.05) is 0 Å². The monoisotopic (exact) mass is 287 g/mol. The first-order valence-corrected chi connectivity index (χ1v) is 7.20. The van der Waals surface area contributed by atoms with E-state index in [1.807, 2.05) is 12.1 Å². The lowest BCUT2D eigenvalue weighted by Crippen LogP contribution is -2.47. The number of nitrogens with one attached hydrogen (secondary N) is 1. The Morgan fingerprint density at radius 3 is 3.00 bits per heavy atom. The lowest BCUT2D eigenvalue weighted by atomic mass is 10.1. The molecule has 1 fully saturated rings. The summed E-state index contributed by atoms with van der Waals surface area (Å²) in [6, 6.07) is 8.69. The fraction of sp³-hybridized carbons (Fsp3) is 0.375. The van der Waals surface area contributed by atoms with Gasteiger partial charge in [-0.15, -0.1) is 0 Å². The van der Waals surface area contributed by atoms with Gasteiger partial charge in [-0.25, -0.2) is 9.37 Å². The highest BCUT2D eigenvalue weighted by Crippen LogP contribution is 2.22. The van der Waals surface area contributed by atoms with E-state index in [1.165, 1.54) is 19.1 Å². The van der Waals surface area contributed by atoms with Crippen molar-refractivity contribution in [2.45, 2.75) is 25.8 Å². The molecule has 1 amide bonds. The van der Waals surface area contributed by atoms with E-state index in [1.54, 1.807) is 6.07 Å². The van der Waals surface area contributed by atoms with E-state index < -0.39 is 0 Å². The molecule has 1 aromatic carbocycles. The lowest BCUT2D eigenvalue weighted by Gasteiger charge is -2.33. The van der Waals surface area contributed by atoms with E-state index in [9.17, 15) is 9.18 Å². The van der Waals surface area contributed by atoms with Gasteiger partial charge in [0.15, 0.2) is 0 Å². The summed E-state index contributed by atoms with van der Waals surface area (Å²) >= 11 is 0. The molecule has 0 radical (unpaired) electrons. The maximum absolute atomic E-state index is 13.3. The average molecular weight is 287 g/mol. The number of halogens is 1. The minimum Gasteiger partial charge on any atom is -0.355 e. The summed E-state index contributed by atoms with van der Waals surface area (Å²) in [7, 11) is 0. The maximum atomic E-state index is 13.3. The van der Waals surface area contributed by atoms with E-state index in [-0.39, 0.29) is 17.8 Å². The van der Waals surface area contributed by atoms with Crippen LogP contribution >= 0.6 is 0 Å². The van der Waals surface area contributed by atoms with Crippen LogP contribution in [0.1, 0.15) is 19.8 Å². The zero-order chi connectivity index (χ0) is 14.8. The normalized spacial score (nSPS) is 18.8. The number of rotatable bonds is 2. The highest BCUT2D eigenvalue weighted by atomic mass is 19.1. The van der Waals surface area contributed by atoms with E-state index in [0.717, 1.165) is 37.1 Å². The van der Waals surface area contributed by atoms with Crippen LogP contribution in [-0.2, 0) is 4.79 Å². The number of aromatic nitrogens is 1. The summed E-state index contributed by atoms with van der Waals surface area (Å²) in [5.41, 5.74) is 0.661. The first-order valence-electron chi connectivity index (χ1n) is 7.20. The smallest absolute Gasteiger partial charge is 0.217 e. The molecule has 0 saturated carbocycles. The van der Waals surface area contributed by atoms with Crippen LogP contribution in [0.3, 0.4) is 0 Å². The number of pyridine rings is 1. The first-order chi connectivity index (χ1) is 10.1. The molecule has 21 heavy (non-hydrogen) atoms. The second kappa shape index (κ2) is 5.68. The molecular weight excluding hydrogens is 269 g/mol. The highest BCUT2D eigenvalue weighted by molar-refractivity contribution is 5.80. The molecule has 1 aromatic heterocycles. The van der Waals surface area contributed by atoms with E-state index >= 15 is 0 Å². The molecule has 1 atom stereocenters. The van der Waals surface area contributed by atoms with Crippen molar-refractivity contribution in [3.05, 3.63) is 36.1 Å². The van der Waals surface area contributed by atoms with Crippen molar-refractivity contribution < 1.29 is 9.18 Å². The van der Waals surface area contributed by atoms with E-state index in [4.69, 9.17) is 0 Å². The third-order valence-electron chi connectivity index (χ3n) is 3.79. The molecule has 3 rings (SSSR count). The predicted octanol–water partition coefficient (Wildman–Crippen LogP) is 2.48. The van der Waals surface area contributed by atoms with Crippen LogP contribution in [-0.4, -0.2) is 30.0 Å². The third-order valence-corrected chi connectivity index (χ3v) is 3.79. The van der Waals surface area contributed by atoms with Gasteiger partial charge in [-0.3, -0.25) is 4.79 Å². The van der Waals surface area contributed by atoms with Crippen LogP contribution in [0.15, 0.2) is 30.3 Å². The van der Waals surface area contributed by atoms with Crippen molar-refractivity contribution in [3.8, 4) is 0 Å². The van der Waals surface area contributed by atoms with Crippen LogP contribution < -0.4 is 10.2 Å². The molecule has 2 heterocycles. The van der Waals surface area contributed by atoms with Crippen molar-refractivity contribution in [1.82, 2.24) is 10.3 Å². The Bertz CT molecular complexity index is 674. The molecule has 1 unspecified atom stereocenters. The summed E-state index contributed by atoms with van der Waals surface area (Å²) < 4.78 is 13.3. The van der Waals surface area contributed by atoms with Crippen molar-refractivity contribution in [1.29, 1.82) is 0 Å². The number of nitrogens with zero attached hydrogens (tertiary/aromatic N) is 2. The number of fused-ring (bicyclic) bond motifs is 1. The zero-order valence-corrected chi connectivity index (χ0v) is 12.0.